The van der Waals surface area contributed by atoms with Crippen LogP contribution in [0.4, 0.5) is 0 Å². The Kier molecular flexibility index (Phi) is 2.33. The van der Waals surface area contributed by atoms with Crippen LogP contribution in [0.1, 0.15) is 46.0 Å². The van der Waals surface area contributed by atoms with Gasteiger partial charge in [-0.1, -0.05) is 13.3 Å². The maximum Gasteiger partial charge on any atom is 0.241 e. The second-order valence-electron chi connectivity index (χ2n) is 6.91. The second kappa shape index (κ2) is 3.72. The van der Waals surface area contributed by atoms with E-state index >= 15 is 0 Å². The van der Waals surface area contributed by atoms with Gasteiger partial charge in [0, 0.05) is 6.04 Å². The lowest BCUT2D eigenvalue weighted by Crippen LogP contribution is -2.39. The van der Waals surface area contributed by atoms with Crippen molar-refractivity contribution in [1.82, 2.24) is 10.2 Å². The van der Waals surface area contributed by atoms with Gasteiger partial charge in [-0.15, -0.1) is 0 Å². The lowest BCUT2D eigenvalue weighted by atomic mass is 10.0. The predicted octanol–water partition coefficient (Wildman–Crippen LogP) is 1.98. The van der Waals surface area contributed by atoms with Crippen LogP contribution in [0, 0.1) is 23.7 Å². The van der Waals surface area contributed by atoms with Gasteiger partial charge in [-0.3, -0.25) is 10.1 Å². The molecule has 0 aromatic carbocycles. The van der Waals surface area contributed by atoms with Crippen LogP contribution in [0.25, 0.3) is 0 Å². The highest BCUT2D eigenvalue weighted by Gasteiger charge is 2.68. The average molecular weight is 248 g/mol. The molecule has 3 heteroatoms. The van der Waals surface area contributed by atoms with Crippen LogP contribution in [0.2, 0.25) is 0 Å². The Morgan fingerprint density at radius 2 is 1.94 bits per heavy atom. The van der Waals surface area contributed by atoms with E-state index in [-0.39, 0.29) is 12.2 Å². The van der Waals surface area contributed by atoms with Crippen molar-refractivity contribution in [2.45, 2.75) is 64.2 Å². The minimum absolute atomic E-state index is 0.101. The Bertz CT molecular complexity index is 367. The molecule has 4 aliphatic rings. The van der Waals surface area contributed by atoms with E-state index in [0.717, 1.165) is 36.5 Å². The van der Waals surface area contributed by atoms with Crippen molar-refractivity contribution < 1.29 is 4.79 Å². The first kappa shape index (κ1) is 11.3. The van der Waals surface area contributed by atoms with Crippen LogP contribution < -0.4 is 5.32 Å². The first-order valence-corrected chi connectivity index (χ1v) is 7.80. The van der Waals surface area contributed by atoms with E-state index in [9.17, 15) is 4.79 Å². The number of fused-ring (bicyclic) bond motifs is 5. The van der Waals surface area contributed by atoms with E-state index in [1.807, 2.05) is 0 Å². The van der Waals surface area contributed by atoms with Crippen LogP contribution in [0.5, 0.6) is 0 Å². The topological polar surface area (TPSA) is 32.3 Å². The summed E-state index contributed by atoms with van der Waals surface area (Å²) >= 11 is 0. The molecule has 18 heavy (non-hydrogen) atoms. The molecule has 3 nitrogen and oxygen atoms in total. The minimum atomic E-state index is 0.101. The maximum absolute atomic E-state index is 12.5. The third kappa shape index (κ3) is 1.31. The van der Waals surface area contributed by atoms with E-state index in [0.29, 0.717) is 11.9 Å². The standard InChI is InChI=1S/C15H24N2O/c1-3-4-11-15(18)17(8(2)16-11)14-12-9-5-6-10(7-9)13(12)14/h8-14,16H,3-7H2,1-2H3. The van der Waals surface area contributed by atoms with Crippen LogP contribution >= 0.6 is 0 Å². The van der Waals surface area contributed by atoms with Crippen molar-refractivity contribution in [3.8, 4) is 0 Å². The summed E-state index contributed by atoms with van der Waals surface area (Å²) in [7, 11) is 0. The summed E-state index contributed by atoms with van der Waals surface area (Å²) in [4.78, 5) is 14.7. The smallest absolute Gasteiger partial charge is 0.241 e. The molecule has 6 unspecified atom stereocenters. The molecule has 0 spiro atoms. The SMILES string of the molecule is CCCC1NC(C)N(C2C3C4CCC(C4)C32)C1=O. The van der Waals surface area contributed by atoms with Crippen molar-refractivity contribution >= 4 is 5.91 Å². The molecule has 4 fully saturated rings. The van der Waals surface area contributed by atoms with Gasteiger partial charge < -0.3 is 4.90 Å². The summed E-state index contributed by atoms with van der Waals surface area (Å²) in [6, 6.07) is 0.706. The van der Waals surface area contributed by atoms with E-state index in [2.05, 4.69) is 24.1 Å². The molecule has 3 saturated carbocycles. The summed E-state index contributed by atoms with van der Waals surface area (Å²) in [5.74, 6) is 4.04. The van der Waals surface area contributed by atoms with Gasteiger partial charge in [-0.2, -0.15) is 0 Å². The van der Waals surface area contributed by atoms with Gasteiger partial charge in [-0.25, -0.2) is 0 Å². The zero-order valence-electron chi connectivity index (χ0n) is 11.4. The summed E-state index contributed by atoms with van der Waals surface area (Å²) in [5, 5.41) is 3.49. The Balaban J connectivity index is 1.51. The zero-order valence-corrected chi connectivity index (χ0v) is 11.4. The molecule has 0 aromatic rings. The van der Waals surface area contributed by atoms with Gasteiger partial charge in [0.2, 0.25) is 5.91 Å². The molecule has 1 heterocycles. The Hall–Kier alpha value is -0.570. The number of nitrogens with one attached hydrogen (secondary N) is 1. The minimum Gasteiger partial charge on any atom is -0.322 e. The maximum atomic E-state index is 12.5. The van der Waals surface area contributed by atoms with Crippen LogP contribution in [0.3, 0.4) is 0 Å². The number of carbonyl (C=O) groups is 1. The van der Waals surface area contributed by atoms with Crippen LogP contribution in [-0.2, 0) is 4.79 Å². The fourth-order valence-electron chi connectivity index (χ4n) is 5.36. The van der Waals surface area contributed by atoms with Crippen molar-refractivity contribution in [3.63, 3.8) is 0 Å². The van der Waals surface area contributed by atoms with Gasteiger partial charge in [0.25, 0.3) is 0 Å². The molecule has 1 saturated heterocycles. The lowest BCUT2D eigenvalue weighted by Gasteiger charge is -2.24. The fourth-order valence-corrected chi connectivity index (χ4v) is 5.36. The third-order valence-electron chi connectivity index (χ3n) is 6.01. The molecule has 1 N–H and O–H groups in total. The highest BCUT2D eigenvalue weighted by atomic mass is 16.2. The third-order valence-corrected chi connectivity index (χ3v) is 6.01. The Morgan fingerprint density at radius 3 is 2.56 bits per heavy atom. The van der Waals surface area contributed by atoms with Gasteiger partial charge in [0.15, 0.2) is 0 Å². The molecule has 1 amide bonds. The molecular formula is C15H24N2O. The molecule has 2 bridgehead atoms. The summed E-state index contributed by atoms with van der Waals surface area (Å²) in [6.07, 6.45) is 6.69. The predicted molar refractivity (Wildman–Crippen MR) is 69.7 cm³/mol. The molecule has 6 atom stereocenters. The fraction of sp³-hybridized carbons (Fsp3) is 0.933. The molecule has 1 aliphatic heterocycles. The number of amides is 1. The molecule has 4 rings (SSSR count). The normalized spacial score (nSPS) is 53.1. The van der Waals surface area contributed by atoms with E-state index < -0.39 is 0 Å². The Morgan fingerprint density at radius 1 is 1.28 bits per heavy atom. The van der Waals surface area contributed by atoms with Gasteiger partial charge in [0.05, 0.1) is 12.2 Å². The van der Waals surface area contributed by atoms with Gasteiger partial charge >= 0.3 is 0 Å². The first-order valence-electron chi connectivity index (χ1n) is 7.80. The van der Waals surface area contributed by atoms with Crippen molar-refractivity contribution in [2.75, 3.05) is 0 Å². The number of carbonyl (C=O) groups excluding carboxylic acids is 1. The first-order chi connectivity index (χ1) is 8.72. The van der Waals surface area contributed by atoms with Crippen LogP contribution in [0.15, 0.2) is 0 Å². The molecule has 100 valence electrons. The van der Waals surface area contributed by atoms with E-state index in [1.54, 1.807) is 0 Å². The van der Waals surface area contributed by atoms with Gasteiger partial charge in [0.1, 0.15) is 0 Å². The van der Waals surface area contributed by atoms with Crippen molar-refractivity contribution in [2.24, 2.45) is 23.7 Å². The van der Waals surface area contributed by atoms with Crippen LogP contribution in [-0.4, -0.2) is 29.1 Å². The summed E-state index contributed by atoms with van der Waals surface area (Å²) < 4.78 is 0. The van der Waals surface area contributed by atoms with Crippen molar-refractivity contribution in [1.29, 1.82) is 0 Å². The quantitative estimate of drug-likeness (QED) is 0.828. The van der Waals surface area contributed by atoms with E-state index in [4.69, 9.17) is 0 Å². The number of rotatable bonds is 3. The molecular weight excluding hydrogens is 224 g/mol. The monoisotopic (exact) mass is 248 g/mol. The lowest BCUT2D eigenvalue weighted by molar-refractivity contribution is -0.131. The largest absolute Gasteiger partial charge is 0.322 e. The average Bonchev–Trinajstić information content (AvgIpc) is 2.69. The number of hydrogen-bond acceptors (Lipinski definition) is 2. The highest BCUT2D eigenvalue weighted by molar-refractivity contribution is 5.85. The van der Waals surface area contributed by atoms with Crippen molar-refractivity contribution in [3.05, 3.63) is 0 Å². The Labute approximate surface area is 109 Å². The molecule has 3 aliphatic carbocycles. The number of nitrogens with zero attached hydrogens (tertiary/aromatic N) is 1. The number of hydrogen-bond donors (Lipinski definition) is 1. The second-order valence-corrected chi connectivity index (χ2v) is 6.91. The highest BCUT2D eigenvalue weighted by Crippen LogP contribution is 2.67. The van der Waals surface area contributed by atoms with Gasteiger partial charge in [-0.05, 0) is 56.3 Å². The zero-order chi connectivity index (χ0) is 12.4. The van der Waals surface area contributed by atoms with E-state index in [1.165, 1.54) is 19.3 Å². The molecule has 0 radical (unpaired) electrons. The summed E-state index contributed by atoms with van der Waals surface area (Å²) in [6.45, 7) is 4.33. The summed E-state index contributed by atoms with van der Waals surface area (Å²) in [5.41, 5.74) is 0. The molecule has 0 aromatic heterocycles.